The fraction of sp³-hybridized carbons (Fsp3) is 0.759. The first-order valence-corrected chi connectivity index (χ1v) is 14.6. The molecule has 1 saturated heterocycles. The maximum atomic E-state index is 13.4. The number of halogens is 1. The van der Waals surface area contributed by atoms with Crippen molar-refractivity contribution in [1.82, 2.24) is 15.5 Å². The Morgan fingerprint density at radius 3 is 2.75 bits per heavy atom. The molecular weight excluding hydrogens is 474 g/mol. The number of likely N-dealkylation sites (N-methyl/N-ethyl adjacent to an activating group) is 1. The van der Waals surface area contributed by atoms with Gasteiger partial charge in [0.1, 0.15) is 0 Å². The van der Waals surface area contributed by atoms with Crippen LogP contribution >= 0.6 is 11.6 Å². The number of benzene rings is 1. The van der Waals surface area contributed by atoms with Crippen molar-refractivity contribution in [3.8, 4) is 0 Å². The average Bonchev–Trinajstić information content (AvgIpc) is 2.90. The quantitative estimate of drug-likeness (QED) is 0.290. The minimum Gasteiger partial charge on any atom is -0.385 e. The first kappa shape index (κ1) is 29.2. The van der Waals surface area contributed by atoms with Crippen LogP contribution in [0.2, 0.25) is 5.02 Å². The van der Waals surface area contributed by atoms with Crippen LogP contribution in [0.3, 0.4) is 0 Å². The van der Waals surface area contributed by atoms with Crippen molar-refractivity contribution >= 4 is 17.6 Å². The lowest BCUT2D eigenvalue weighted by Gasteiger charge is -2.43. The fourth-order valence-corrected chi connectivity index (χ4v) is 6.33. The summed E-state index contributed by atoms with van der Waals surface area (Å²) in [5, 5.41) is 19.5. The predicted octanol–water partition coefficient (Wildman–Crippen LogP) is 5.71. The van der Waals surface area contributed by atoms with E-state index < -0.39 is 5.60 Å². The van der Waals surface area contributed by atoms with Gasteiger partial charge < -0.3 is 25.4 Å². The van der Waals surface area contributed by atoms with Gasteiger partial charge >= 0.3 is 6.03 Å². The van der Waals surface area contributed by atoms with Crippen LogP contribution in [0.1, 0.15) is 83.1 Å². The van der Waals surface area contributed by atoms with E-state index in [2.05, 4.69) is 17.6 Å². The van der Waals surface area contributed by atoms with Crippen molar-refractivity contribution in [1.29, 1.82) is 0 Å². The number of rotatable bonds is 13. The first-order valence-electron chi connectivity index (χ1n) is 14.2. The normalized spacial score (nSPS) is 21.7. The molecule has 0 aromatic heterocycles. The van der Waals surface area contributed by atoms with Crippen LogP contribution < -0.4 is 10.6 Å². The summed E-state index contributed by atoms with van der Waals surface area (Å²) in [6.07, 6.45) is 11.7. The van der Waals surface area contributed by atoms with Gasteiger partial charge in [-0.1, -0.05) is 62.8 Å². The zero-order chi connectivity index (χ0) is 25.8. The van der Waals surface area contributed by atoms with Gasteiger partial charge in [0.2, 0.25) is 0 Å². The Labute approximate surface area is 223 Å². The lowest BCUT2D eigenvalue weighted by atomic mass is 9.74. The Hall–Kier alpha value is -1.34. The van der Waals surface area contributed by atoms with Gasteiger partial charge in [-0.25, -0.2) is 4.79 Å². The van der Waals surface area contributed by atoms with E-state index in [9.17, 15) is 9.90 Å². The SMILES string of the molecule is CCNCC(CC1CCCCC1)NC(=O)N1CCCC(C(O)(CCCCOC)c2cccc(Cl)c2)C1. The van der Waals surface area contributed by atoms with E-state index in [0.717, 1.165) is 57.3 Å². The van der Waals surface area contributed by atoms with E-state index in [-0.39, 0.29) is 18.0 Å². The van der Waals surface area contributed by atoms with Crippen molar-refractivity contribution in [2.45, 2.75) is 89.2 Å². The lowest BCUT2D eigenvalue weighted by Crippen LogP contribution is -2.54. The molecule has 3 rings (SSSR count). The van der Waals surface area contributed by atoms with E-state index in [4.69, 9.17) is 16.3 Å². The Balaban J connectivity index is 1.68. The lowest BCUT2D eigenvalue weighted by molar-refractivity contribution is -0.0564. The maximum absolute atomic E-state index is 13.4. The molecule has 1 aliphatic heterocycles. The molecule has 204 valence electrons. The Kier molecular flexibility index (Phi) is 12.3. The molecule has 1 heterocycles. The molecule has 36 heavy (non-hydrogen) atoms. The van der Waals surface area contributed by atoms with Crippen molar-refractivity contribution in [3.63, 3.8) is 0 Å². The van der Waals surface area contributed by atoms with Gasteiger partial charge in [-0.05, 0) is 68.7 Å². The highest BCUT2D eigenvalue weighted by atomic mass is 35.5. The summed E-state index contributed by atoms with van der Waals surface area (Å²) in [6.45, 7) is 5.78. The molecule has 2 fully saturated rings. The third-order valence-electron chi connectivity index (χ3n) is 8.18. The van der Waals surface area contributed by atoms with Gasteiger partial charge in [0.05, 0.1) is 5.60 Å². The first-order chi connectivity index (χ1) is 17.5. The fourth-order valence-electron chi connectivity index (χ4n) is 6.14. The van der Waals surface area contributed by atoms with Gasteiger partial charge in [-0.3, -0.25) is 0 Å². The van der Waals surface area contributed by atoms with Crippen molar-refractivity contribution in [2.75, 3.05) is 39.9 Å². The number of methoxy groups -OCH3 is 1. The molecule has 1 aliphatic carbocycles. The summed E-state index contributed by atoms with van der Waals surface area (Å²) in [6, 6.07) is 7.74. The average molecular weight is 522 g/mol. The van der Waals surface area contributed by atoms with E-state index in [1.807, 2.05) is 29.2 Å². The maximum Gasteiger partial charge on any atom is 0.317 e. The largest absolute Gasteiger partial charge is 0.385 e. The number of nitrogens with one attached hydrogen (secondary N) is 2. The highest BCUT2D eigenvalue weighted by Gasteiger charge is 2.41. The van der Waals surface area contributed by atoms with Crippen LogP contribution in [0.4, 0.5) is 4.79 Å². The number of carbonyl (C=O) groups excluding carboxylic acids is 1. The van der Waals surface area contributed by atoms with E-state index in [1.165, 1.54) is 32.1 Å². The minimum absolute atomic E-state index is 0.00578. The zero-order valence-corrected chi connectivity index (χ0v) is 23.2. The molecular formula is C29H48ClN3O3. The molecule has 2 aliphatic rings. The number of aliphatic hydroxyl groups is 1. The zero-order valence-electron chi connectivity index (χ0n) is 22.4. The van der Waals surface area contributed by atoms with Crippen molar-refractivity contribution < 1.29 is 14.6 Å². The monoisotopic (exact) mass is 521 g/mol. The number of amides is 2. The van der Waals surface area contributed by atoms with Crippen molar-refractivity contribution in [3.05, 3.63) is 34.9 Å². The number of carbonyl (C=O) groups is 1. The van der Waals surface area contributed by atoms with Crippen LogP contribution in [-0.2, 0) is 10.3 Å². The molecule has 1 aromatic rings. The molecule has 2 amide bonds. The highest BCUT2D eigenvalue weighted by molar-refractivity contribution is 6.30. The third-order valence-corrected chi connectivity index (χ3v) is 8.41. The summed E-state index contributed by atoms with van der Waals surface area (Å²) in [4.78, 5) is 15.4. The Morgan fingerprint density at radius 1 is 1.22 bits per heavy atom. The molecule has 1 aromatic carbocycles. The molecule has 0 radical (unpaired) electrons. The molecule has 3 N–H and O–H groups in total. The predicted molar refractivity (Wildman–Crippen MR) is 147 cm³/mol. The number of likely N-dealkylation sites (tertiary alicyclic amines) is 1. The topological polar surface area (TPSA) is 73.8 Å². The van der Waals surface area contributed by atoms with Crippen LogP contribution in [0, 0.1) is 11.8 Å². The molecule has 0 bridgehead atoms. The highest BCUT2D eigenvalue weighted by Crippen LogP contribution is 2.40. The summed E-state index contributed by atoms with van der Waals surface area (Å²) >= 11 is 6.32. The van der Waals surface area contributed by atoms with Crippen LogP contribution in [0.25, 0.3) is 0 Å². The number of urea groups is 1. The van der Waals surface area contributed by atoms with Gasteiger partial charge in [0, 0.05) is 50.3 Å². The third kappa shape index (κ3) is 8.61. The van der Waals surface area contributed by atoms with E-state index in [0.29, 0.717) is 30.5 Å². The summed E-state index contributed by atoms with van der Waals surface area (Å²) in [5.41, 5.74) is -0.176. The van der Waals surface area contributed by atoms with Gasteiger partial charge in [-0.2, -0.15) is 0 Å². The van der Waals surface area contributed by atoms with Gasteiger partial charge in [0.25, 0.3) is 0 Å². The summed E-state index contributed by atoms with van der Waals surface area (Å²) in [7, 11) is 1.71. The van der Waals surface area contributed by atoms with Crippen molar-refractivity contribution in [2.24, 2.45) is 11.8 Å². The standard InChI is InChI=1S/C29H48ClN3O3/c1-3-31-21-27(19-23-11-5-4-6-12-23)32-28(34)33-17-10-14-25(22-33)29(35,16-7-8-18-36-2)24-13-9-15-26(30)20-24/h9,13,15,20,23,25,27,31,35H,3-8,10-12,14,16-19,21-22H2,1-2H3,(H,32,34). The van der Waals surface area contributed by atoms with Gasteiger partial charge in [0.15, 0.2) is 0 Å². The molecule has 3 atom stereocenters. The Bertz CT molecular complexity index is 789. The van der Waals surface area contributed by atoms with Crippen LogP contribution in [0.15, 0.2) is 24.3 Å². The number of hydrogen-bond donors (Lipinski definition) is 3. The molecule has 6 nitrogen and oxygen atoms in total. The number of nitrogens with zero attached hydrogens (tertiary/aromatic N) is 1. The minimum atomic E-state index is -1.02. The molecule has 7 heteroatoms. The van der Waals surface area contributed by atoms with Crippen LogP contribution in [0.5, 0.6) is 0 Å². The number of piperidine rings is 1. The summed E-state index contributed by atoms with van der Waals surface area (Å²) in [5.74, 6) is 0.667. The smallest absolute Gasteiger partial charge is 0.317 e. The molecule has 3 unspecified atom stereocenters. The summed E-state index contributed by atoms with van der Waals surface area (Å²) < 4.78 is 5.23. The number of hydrogen-bond acceptors (Lipinski definition) is 4. The molecule has 0 spiro atoms. The van der Waals surface area contributed by atoms with Gasteiger partial charge in [-0.15, -0.1) is 0 Å². The van der Waals surface area contributed by atoms with E-state index >= 15 is 0 Å². The second-order valence-electron chi connectivity index (χ2n) is 10.9. The Morgan fingerprint density at radius 2 is 2.03 bits per heavy atom. The van der Waals surface area contributed by atoms with Crippen LogP contribution in [-0.4, -0.2) is 62.0 Å². The molecule has 1 saturated carbocycles. The number of unbranched alkanes of at least 4 members (excludes halogenated alkanes) is 1. The second kappa shape index (κ2) is 15.2. The second-order valence-corrected chi connectivity index (χ2v) is 11.3. The number of ether oxygens (including phenoxy) is 1. The van der Waals surface area contributed by atoms with E-state index in [1.54, 1.807) is 7.11 Å².